The summed E-state index contributed by atoms with van der Waals surface area (Å²) in [6, 6.07) is 16.3. The van der Waals surface area contributed by atoms with Crippen molar-refractivity contribution in [1.82, 2.24) is 25.7 Å². The summed E-state index contributed by atoms with van der Waals surface area (Å²) in [5.41, 5.74) is 1.88. The summed E-state index contributed by atoms with van der Waals surface area (Å²) in [7, 11) is 0. The maximum atomic E-state index is 14.8. The van der Waals surface area contributed by atoms with Crippen LogP contribution in [0.3, 0.4) is 0 Å². The maximum Gasteiger partial charge on any atom is 0.357 e. The Morgan fingerprint density at radius 2 is 1.76 bits per heavy atom. The van der Waals surface area contributed by atoms with Crippen molar-refractivity contribution >= 4 is 28.5 Å². The minimum atomic E-state index is -0.978. The monoisotopic (exact) mass is 605 g/mol. The molecule has 1 aliphatic carbocycles. The molecule has 1 aliphatic heterocycles. The molecule has 0 saturated carbocycles. The SMILES string of the molecule is Cc1cc2c(-c3ccc(C(=O)NCc4ccc(-c5nncnn5)cc4)cc3C(=O)ON)c3cc(F)c(N=O)cc3oc-2cc1=O. The second kappa shape index (κ2) is 11.8. The highest BCUT2D eigenvalue weighted by Gasteiger charge is 2.25. The van der Waals surface area contributed by atoms with Crippen LogP contribution in [0.15, 0.2) is 87.4 Å². The van der Waals surface area contributed by atoms with E-state index in [9.17, 15) is 23.7 Å². The molecule has 1 aromatic heterocycles. The number of nitrogens with zero attached hydrogens (tertiary/aromatic N) is 5. The minimum absolute atomic E-state index is 0.0306. The molecule has 0 radical (unpaired) electrons. The predicted molar refractivity (Wildman–Crippen MR) is 159 cm³/mol. The predicted octanol–water partition coefficient (Wildman–Crippen LogP) is 4.62. The van der Waals surface area contributed by atoms with E-state index in [1.807, 2.05) is 0 Å². The molecule has 2 aliphatic rings. The molecule has 13 nitrogen and oxygen atoms in total. The third-order valence-corrected chi connectivity index (χ3v) is 7.13. The largest absolute Gasteiger partial charge is 0.456 e. The maximum absolute atomic E-state index is 14.8. The Morgan fingerprint density at radius 3 is 2.47 bits per heavy atom. The fourth-order valence-electron chi connectivity index (χ4n) is 4.91. The smallest absolute Gasteiger partial charge is 0.357 e. The second-order valence-corrected chi connectivity index (χ2v) is 9.90. The highest BCUT2D eigenvalue weighted by molar-refractivity contribution is 6.09. The molecule has 0 spiro atoms. The van der Waals surface area contributed by atoms with Crippen LogP contribution < -0.4 is 16.6 Å². The number of amides is 1. The van der Waals surface area contributed by atoms with Crippen LogP contribution in [0.4, 0.5) is 10.1 Å². The first-order chi connectivity index (χ1) is 21.8. The first-order valence-electron chi connectivity index (χ1n) is 13.2. The number of nitroso groups, excluding NO2 is 1. The third-order valence-electron chi connectivity index (χ3n) is 7.13. The van der Waals surface area contributed by atoms with Crippen LogP contribution in [0.2, 0.25) is 0 Å². The van der Waals surface area contributed by atoms with Crippen LogP contribution in [0, 0.1) is 17.6 Å². The number of carbonyl (C=O) groups is 2. The molecular formula is C31H20FN7O6. The van der Waals surface area contributed by atoms with Crippen LogP contribution in [0.25, 0.3) is 44.8 Å². The average Bonchev–Trinajstić information content (AvgIpc) is 3.07. The molecule has 3 N–H and O–H groups in total. The second-order valence-electron chi connectivity index (χ2n) is 9.90. The van der Waals surface area contributed by atoms with E-state index >= 15 is 0 Å². The van der Waals surface area contributed by atoms with Gasteiger partial charge in [-0.2, -0.15) is 5.90 Å². The number of halogens is 1. The molecule has 222 valence electrons. The third kappa shape index (κ3) is 5.48. The zero-order chi connectivity index (χ0) is 31.7. The van der Waals surface area contributed by atoms with Gasteiger partial charge in [0.1, 0.15) is 17.0 Å². The van der Waals surface area contributed by atoms with E-state index in [2.05, 4.69) is 35.7 Å². The van der Waals surface area contributed by atoms with E-state index in [4.69, 9.17) is 10.3 Å². The first-order valence-corrected chi connectivity index (χ1v) is 13.2. The van der Waals surface area contributed by atoms with Gasteiger partial charge in [-0.15, -0.1) is 25.3 Å². The molecule has 14 heteroatoms. The van der Waals surface area contributed by atoms with Crippen molar-refractivity contribution in [1.29, 1.82) is 0 Å². The lowest BCUT2D eigenvalue weighted by molar-refractivity contribution is 0.0504. The fraction of sp³-hybridized carbons (Fsp3) is 0.0645. The normalized spacial score (nSPS) is 11.0. The summed E-state index contributed by atoms with van der Waals surface area (Å²) in [6.07, 6.45) is 1.23. The number of hydrogen-bond acceptors (Lipinski definition) is 12. The standard InChI is InChI=1S/C31H20FN7O6/c1-15-8-21-27(12-25(15)40)44-26-11-24(39-43)23(32)10-22(26)28(21)19-7-6-18(9-20(19)31(42)45-33)30(41)34-13-16-2-4-17(5-3-16)29-37-35-14-36-38-29/h2-12,14H,13,33H2,1H3,(H,34,41). The van der Waals surface area contributed by atoms with Crippen molar-refractivity contribution in [2.45, 2.75) is 13.5 Å². The van der Waals surface area contributed by atoms with E-state index in [0.717, 1.165) is 17.7 Å². The van der Waals surface area contributed by atoms with Gasteiger partial charge in [0.2, 0.25) is 5.82 Å². The van der Waals surface area contributed by atoms with Gasteiger partial charge in [-0.05, 0) is 53.1 Å². The molecule has 2 heterocycles. The Labute approximate surface area is 252 Å². The number of nitrogens with one attached hydrogen (secondary N) is 1. The van der Waals surface area contributed by atoms with Gasteiger partial charge < -0.3 is 14.6 Å². The molecule has 0 saturated heterocycles. The zero-order valence-electron chi connectivity index (χ0n) is 23.3. The molecular weight excluding hydrogens is 585 g/mol. The van der Waals surface area contributed by atoms with Crippen molar-refractivity contribution in [3.63, 3.8) is 0 Å². The van der Waals surface area contributed by atoms with E-state index in [-0.39, 0.29) is 51.0 Å². The summed E-state index contributed by atoms with van der Waals surface area (Å²) in [6.45, 7) is 1.75. The Bertz CT molecular complexity index is 2150. The molecule has 0 unspecified atom stereocenters. The highest BCUT2D eigenvalue weighted by atomic mass is 19.1. The van der Waals surface area contributed by atoms with Crippen LogP contribution >= 0.6 is 0 Å². The van der Waals surface area contributed by atoms with Crippen molar-refractivity contribution < 1.29 is 23.2 Å². The number of carbonyl (C=O) groups excluding carboxylic acids is 2. The lowest BCUT2D eigenvalue weighted by atomic mass is 9.89. The molecule has 0 bridgehead atoms. The molecule has 3 aromatic carbocycles. The van der Waals surface area contributed by atoms with Gasteiger partial charge in [-0.25, -0.2) is 9.18 Å². The number of rotatable bonds is 7. The molecule has 1 amide bonds. The summed E-state index contributed by atoms with van der Waals surface area (Å²) >= 11 is 0. The lowest BCUT2D eigenvalue weighted by Gasteiger charge is -2.18. The van der Waals surface area contributed by atoms with E-state index < -0.39 is 23.4 Å². The van der Waals surface area contributed by atoms with Crippen molar-refractivity contribution in [2.24, 2.45) is 11.1 Å². The summed E-state index contributed by atoms with van der Waals surface area (Å²) in [5.74, 6) is 3.32. The van der Waals surface area contributed by atoms with Gasteiger partial charge in [0.05, 0.1) is 5.56 Å². The summed E-state index contributed by atoms with van der Waals surface area (Å²) < 4.78 is 20.7. The van der Waals surface area contributed by atoms with Gasteiger partial charge in [-0.3, -0.25) is 9.59 Å². The molecule has 0 atom stereocenters. The van der Waals surface area contributed by atoms with Crippen molar-refractivity contribution in [3.05, 3.63) is 116 Å². The first kappa shape index (κ1) is 28.8. The Morgan fingerprint density at radius 1 is 1.00 bits per heavy atom. The highest BCUT2D eigenvalue weighted by Crippen LogP contribution is 2.43. The van der Waals surface area contributed by atoms with Gasteiger partial charge in [-0.1, -0.05) is 30.3 Å². The van der Waals surface area contributed by atoms with E-state index in [1.165, 1.54) is 30.6 Å². The quantitative estimate of drug-likeness (QED) is 0.147. The van der Waals surface area contributed by atoms with Gasteiger partial charge in [0.15, 0.2) is 17.6 Å². The fourth-order valence-corrected chi connectivity index (χ4v) is 4.91. The molecule has 0 fully saturated rings. The van der Waals surface area contributed by atoms with E-state index in [0.29, 0.717) is 22.5 Å². The van der Waals surface area contributed by atoms with Crippen LogP contribution in [-0.2, 0) is 11.4 Å². The summed E-state index contributed by atoms with van der Waals surface area (Å²) in [5, 5.41) is 20.9. The zero-order valence-corrected chi connectivity index (χ0v) is 23.3. The number of fused-ring (bicyclic) bond motifs is 2. The number of nitrogens with two attached hydrogens (primary N) is 1. The van der Waals surface area contributed by atoms with Crippen molar-refractivity contribution in [3.8, 4) is 33.8 Å². The Hall–Kier alpha value is -6.28. The number of hydrogen-bond donors (Lipinski definition) is 2. The van der Waals surface area contributed by atoms with Crippen LogP contribution in [0.5, 0.6) is 0 Å². The van der Waals surface area contributed by atoms with Crippen LogP contribution in [-0.4, -0.2) is 32.3 Å². The Balaban J connectivity index is 1.40. The van der Waals surface area contributed by atoms with Gasteiger partial charge in [0, 0.05) is 46.3 Å². The Kier molecular flexibility index (Phi) is 7.54. The van der Waals surface area contributed by atoms with Gasteiger partial charge in [0.25, 0.3) is 5.91 Å². The van der Waals surface area contributed by atoms with Crippen molar-refractivity contribution in [2.75, 3.05) is 0 Å². The minimum Gasteiger partial charge on any atom is -0.456 e. The molecule has 45 heavy (non-hydrogen) atoms. The number of aryl methyl sites for hydroxylation is 1. The number of aromatic nitrogens is 4. The van der Waals surface area contributed by atoms with Gasteiger partial charge >= 0.3 is 5.97 Å². The van der Waals surface area contributed by atoms with E-state index in [1.54, 1.807) is 37.3 Å². The molecule has 6 rings (SSSR count). The number of benzene rings is 4. The van der Waals surface area contributed by atoms with Crippen LogP contribution in [0.1, 0.15) is 31.8 Å². The average molecular weight is 606 g/mol. The molecule has 4 aromatic rings. The summed E-state index contributed by atoms with van der Waals surface area (Å²) in [4.78, 5) is 54.3. The topological polar surface area (TPSA) is 193 Å². The lowest BCUT2D eigenvalue weighted by Crippen LogP contribution is -2.23.